The van der Waals surface area contributed by atoms with E-state index in [9.17, 15) is 0 Å². The summed E-state index contributed by atoms with van der Waals surface area (Å²) < 4.78 is 0. The zero-order valence-corrected chi connectivity index (χ0v) is 6.51. The molecule has 1 aliphatic heterocycles. The van der Waals surface area contributed by atoms with E-state index in [2.05, 4.69) is 15.2 Å². The topological polar surface area (TPSA) is 27.6 Å². The number of hydrogen-bond donors (Lipinski definition) is 1. The van der Waals surface area contributed by atoms with Crippen LogP contribution in [0.3, 0.4) is 0 Å². The van der Waals surface area contributed by atoms with Crippen LogP contribution in [0.1, 0.15) is 6.42 Å². The second-order valence-electron chi connectivity index (χ2n) is 2.51. The first-order valence-corrected chi connectivity index (χ1v) is 3.82. The first kappa shape index (κ1) is 7.54. The summed E-state index contributed by atoms with van der Waals surface area (Å²) in [7, 11) is 1.98. The second-order valence-corrected chi connectivity index (χ2v) is 2.51. The van der Waals surface area contributed by atoms with Gasteiger partial charge in [0.05, 0.1) is 12.9 Å². The fourth-order valence-corrected chi connectivity index (χ4v) is 1.05. The Kier molecular flexibility index (Phi) is 3.22. The van der Waals surface area contributed by atoms with Crippen molar-refractivity contribution in [2.24, 2.45) is 4.99 Å². The van der Waals surface area contributed by atoms with Gasteiger partial charge in [0.2, 0.25) is 0 Å². The van der Waals surface area contributed by atoms with Gasteiger partial charge < -0.3 is 10.2 Å². The van der Waals surface area contributed by atoms with Crippen molar-refractivity contribution in [1.82, 2.24) is 10.2 Å². The molecule has 0 aromatic carbocycles. The number of aliphatic imine (C=N–C) groups is 1. The van der Waals surface area contributed by atoms with Gasteiger partial charge in [-0.25, -0.2) is 0 Å². The van der Waals surface area contributed by atoms with Crippen molar-refractivity contribution < 1.29 is 0 Å². The molecule has 1 rings (SSSR count). The summed E-state index contributed by atoms with van der Waals surface area (Å²) in [6.07, 6.45) is 3.16. The van der Waals surface area contributed by atoms with Gasteiger partial charge in [-0.2, -0.15) is 0 Å². The molecule has 0 radical (unpaired) electrons. The third-order valence-electron chi connectivity index (χ3n) is 1.63. The largest absolute Gasteiger partial charge is 0.361 e. The number of hydrogen-bond acceptors (Lipinski definition) is 3. The van der Waals surface area contributed by atoms with E-state index in [-0.39, 0.29) is 0 Å². The SMILES string of the molecule is CNCCCN1C=NCC1. The van der Waals surface area contributed by atoms with Gasteiger partial charge in [-0.3, -0.25) is 4.99 Å². The Labute approximate surface area is 62.1 Å². The molecular formula is C7H15N3. The fourth-order valence-electron chi connectivity index (χ4n) is 1.05. The van der Waals surface area contributed by atoms with E-state index in [1.165, 1.54) is 6.42 Å². The summed E-state index contributed by atoms with van der Waals surface area (Å²) in [5.41, 5.74) is 0. The summed E-state index contributed by atoms with van der Waals surface area (Å²) in [5, 5.41) is 3.12. The predicted octanol–water partition coefficient (Wildman–Crippen LogP) is -0.0602. The van der Waals surface area contributed by atoms with Crippen LogP contribution >= 0.6 is 0 Å². The molecule has 0 aliphatic carbocycles. The molecule has 0 spiro atoms. The average Bonchev–Trinajstić information content (AvgIpc) is 2.41. The molecule has 0 bridgehead atoms. The van der Waals surface area contributed by atoms with E-state index < -0.39 is 0 Å². The molecule has 1 N–H and O–H groups in total. The molecule has 0 amide bonds. The lowest BCUT2D eigenvalue weighted by Crippen LogP contribution is -2.23. The fraction of sp³-hybridized carbons (Fsp3) is 0.857. The van der Waals surface area contributed by atoms with Gasteiger partial charge in [0, 0.05) is 13.1 Å². The quantitative estimate of drug-likeness (QED) is 0.555. The lowest BCUT2D eigenvalue weighted by atomic mass is 10.4. The van der Waals surface area contributed by atoms with Crippen LogP contribution in [0.25, 0.3) is 0 Å². The summed E-state index contributed by atoms with van der Waals surface area (Å²) in [6, 6.07) is 0. The molecule has 0 aromatic heterocycles. The standard InChI is InChI=1S/C7H15N3/c1-8-3-2-5-10-6-4-9-7-10/h7-8H,2-6H2,1H3. The molecule has 3 heteroatoms. The van der Waals surface area contributed by atoms with Crippen molar-refractivity contribution in [2.75, 3.05) is 33.2 Å². The summed E-state index contributed by atoms with van der Waals surface area (Å²) in [5.74, 6) is 0. The lowest BCUT2D eigenvalue weighted by Gasteiger charge is -2.12. The first-order valence-electron chi connectivity index (χ1n) is 3.82. The maximum Gasteiger partial charge on any atom is 0.0851 e. The zero-order chi connectivity index (χ0) is 7.23. The minimum atomic E-state index is 0.986. The van der Waals surface area contributed by atoms with Crippen molar-refractivity contribution in [3.8, 4) is 0 Å². The third-order valence-corrected chi connectivity index (χ3v) is 1.63. The maximum atomic E-state index is 4.12. The summed E-state index contributed by atoms with van der Waals surface area (Å²) >= 11 is 0. The van der Waals surface area contributed by atoms with Gasteiger partial charge in [0.25, 0.3) is 0 Å². The highest BCUT2D eigenvalue weighted by Crippen LogP contribution is 1.93. The van der Waals surface area contributed by atoms with E-state index in [1.807, 2.05) is 13.4 Å². The number of rotatable bonds is 4. The Bertz CT molecular complexity index is 111. The minimum absolute atomic E-state index is 0.986. The Balaban J connectivity index is 1.97. The minimum Gasteiger partial charge on any atom is -0.361 e. The van der Waals surface area contributed by atoms with Gasteiger partial charge in [0.1, 0.15) is 0 Å². The van der Waals surface area contributed by atoms with Crippen LogP contribution in [0.2, 0.25) is 0 Å². The molecule has 10 heavy (non-hydrogen) atoms. The lowest BCUT2D eigenvalue weighted by molar-refractivity contribution is 0.451. The average molecular weight is 141 g/mol. The molecule has 0 aromatic rings. The highest BCUT2D eigenvalue weighted by Gasteiger charge is 2.02. The smallest absolute Gasteiger partial charge is 0.0851 e. The molecule has 0 saturated heterocycles. The van der Waals surface area contributed by atoms with E-state index in [1.54, 1.807) is 0 Å². The van der Waals surface area contributed by atoms with E-state index in [0.717, 1.165) is 26.2 Å². The van der Waals surface area contributed by atoms with Crippen LogP contribution in [0.4, 0.5) is 0 Å². The van der Waals surface area contributed by atoms with E-state index in [4.69, 9.17) is 0 Å². The first-order chi connectivity index (χ1) is 4.93. The molecule has 0 fully saturated rings. The molecule has 1 aliphatic rings. The number of nitrogens with one attached hydrogen (secondary N) is 1. The van der Waals surface area contributed by atoms with E-state index in [0.29, 0.717) is 0 Å². The monoisotopic (exact) mass is 141 g/mol. The van der Waals surface area contributed by atoms with Gasteiger partial charge >= 0.3 is 0 Å². The molecule has 58 valence electrons. The van der Waals surface area contributed by atoms with E-state index >= 15 is 0 Å². The normalized spacial score (nSPS) is 16.7. The molecule has 0 saturated carbocycles. The van der Waals surface area contributed by atoms with Crippen molar-refractivity contribution in [3.63, 3.8) is 0 Å². The highest BCUT2D eigenvalue weighted by atomic mass is 15.2. The highest BCUT2D eigenvalue weighted by molar-refractivity contribution is 5.56. The van der Waals surface area contributed by atoms with Gasteiger partial charge in [-0.15, -0.1) is 0 Å². The van der Waals surface area contributed by atoms with Gasteiger partial charge in [0.15, 0.2) is 0 Å². The summed E-state index contributed by atoms with van der Waals surface area (Å²) in [6.45, 7) is 4.35. The van der Waals surface area contributed by atoms with Gasteiger partial charge in [-0.1, -0.05) is 0 Å². The van der Waals surface area contributed by atoms with Crippen LogP contribution < -0.4 is 5.32 Å². The van der Waals surface area contributed by atoms with Crippen molar-refractivity contribution >= 4 is 6.34 Å². The Morgan fingerprint density at radius 3 is 3.20 bits per heavy atom. The van der Waals surface area contributed by atoms with Crippen LogP contribution in [0, 0.1) is 0 Å². The van der Waals surface area contributed by atoms with Crippen LogP contribution in [-0.2, 0) is 0 Å². The molecule has 0 atom stereocenters. The Morgan fingerprint density at radius 2 is 2.60 bits per heavy atom. The van der Waals surface area contributed by atoms with Crippen molar-refractivity contribution in [1.29, 1.82) is 0 Å². The van der Waals surface area contributed by atoms with Crippen LogP contribution in [0.5, 0.6) is 0 Å². The maximum absolute atomic E-state index is 4.12. The zero-order valence-electron chi connectivity index (χ0n) is 6.51. The van der Waals surface area contributed by atoms with Gasteiger partial charge in [-0.05, 0) is 20.0 Å². The molecule has 0 unspecified atom stereocenters. The molecule has 3 nitrogen and oxygen atoms in total. The molecular weight excluding hydrogens is 126 g/mol. The van der Waals surface area contributed by atoms with Crippen LogP contribution in [-0.4, -0.2) is 44.5 Å². The van der Waals surface area contributed by atoms with Crippen molar-refractivity contribution in [2.45, 2.75) is 6.42 Å². The molecule has 1 heterocycles. The third kappa shape index (κ3) is 2.35. The number of nitrogens with zero attached hydrogens (tertiary/aromatic N) is 2. The summed E-state index contributed by atoms with van der Waals surface area (Å²) in [4.78, 5) is 6.39. The van der Waals surface area contributed by atoms with Crippen LogP contribution in [0.15, 0.2) is 4.99 Å². The Hall–Kier alpha value is -0.570. The predicted molar refractivity (Wildman–Crippen MR) is 43.5 cm³/mol. The Morgan fingerprint density at radius 1 is 1.70 bits per heavy atom. The van der Waals surface area contributed by atoms with Crippen molar-refractivity contribution in [3.05, 3.63) is 0 Å². The second kappa shape index (κ2) is 4.28.